The third-order valence-corrected chi connectivity index (χ3v) is 3.10. The molecular weight excluding hydrogens is 250 g/mol. The number of benzene rings is 1. The predicted octanol–water partition coefficient (Wildman–Crippen LogP) is 1.36. The maximum atomic E-state index is 11.8. The van der Waals surface area contributed by atoms with Gasteiger partial charge in [0.1, 0.15) is 0 Å². The standard InChI is InChI=1S/C13H15NO5/c1-18-10-4-3-7(5-11(10)19-2)14-12(15)8-6-9(8)13(16)17/h3-5,8-9H,6H2,1-2H3,(H,14,15)(H,16,17). The number of anilines is 1. The number of rotatable bonds is 5. The lowest BCUT2D eigenvalue weighted by atomic mass is 10.2. The summed E-state index contributed by atoms with van der Waals surface area (Å²) in [6.07, 6.45) is 0.397. The van der Waals surface area contributed by atoms with Gasteiger partial charge < -0.3 is 19.9 Å². The van der Waals surface area contributed by atoms with Crippen LogP contribution in [0.4, 0.5) is 5.69 Å². The first kappa shape index (κ1) is 13.2. The zero-order chi connectivity index (χ0) is 14.0. The van der Waals surface area contributed by atoms with E-state index in [-0.39, 0.29) is 5.91 Å². The number of carbonyl (C=O) groups excluding carboxylic acids is 1. The van der Waals surface area contributed by atoms with Gasteiger partial charge in [0.2, 0.25) is 5.91 Å². The van der Waals surface area contributed by atoms with Gasteiger partial charge in [-0.25, -0.2) is 0 Å². The molecule has 1 aliphatic carbocycles. The van der Waals surface area contributed by atoms with Crippen LogP contribution in [0.2, 0.25) is 0 Å². The topological polar surface area (TPSA) is 84.9 Å². The van der Waals surface area contributed by atoms with Crippen LogP contribution < -0.4 is 14.8 Å². The van der Waals surface area contributed by atoms with Crippen molar-refractivity contribution in [1.29, 1.82) is 0 Å². The van der Waals surface area contributed by atoms with Crippen molar-refractivity contribution >= 4 is 17.6 Å². The van der Waals surface area contributed by atoms with Gasteiger partial charge in [0.25, 0.3) is 0 Å². The highest BCUT2D eigenvalue weighted by molar-refractivity contribution is 5.98. The van der Waals surface area contributed by atoms with E-state index in [0.717, 1.165) is 0 Å². The van der Waals surface area contributed by atoms with E-state index in [1.807, 2.05) is 0 Å². The number of carboxylic acid groups (broad SMARTS) is 1. The molecule has 0 radical (unpaired) electrons. The summed E-state index contributed by atoms with van der Waals surface area (Å²) in [5, 5.41) is 11.4. The summed E-state index contributed by atoms with van der Waals surface area (Å²) < 4.78 is 10.2. The molecule has 6 nitrogen and oxygen atoms in total. The molecule has 0 aromatic heterocycles. The second kappa shape index (κ2) is 5.17. The molecule has 1 aliphatic rings. The lowest BCUT2D eigenvalue weighted by Gasteiger charge is -2.10. The molecule has 0 saturated heterocycles. The van der Waals surface area contributed by atoms with Crippen LogP contribution in [0.25, 0.3) is 0 Å². The number of amides is 1. The first-order valence-electron chi connectivity index (χ1n) is 5.82. The quantitative estimate of drug-likeness (QED) is 0.839. The van der Waals surface area contributed by atoms with Crippen molar-refractivity contribution in [2.24, 2.45) is 11.8 Å². The Morgan fingerprint density at radius 2 is 1.89 bits per heavy atom. The summed E-state index contributed by atoms with van der Waals surface area (Å²) in [5.41, 5.74) is 0.554. The van der Waals surface area contributed by atoms with E-state index in [4.69, 9.17) is 14.6 Å². The van der Waals surface area contributed by atoms with E-state index < -0.39 is 17.8 Å². The fourth-order valence-corrected chi connectivity index (χ4v) is 1.91. The number of carboxylic acids is 1. The first-order valence-corrected chi connectivity index (χ1v) is 5.82. The Bertz CT molecular complexity index is 514. The van der Waals surface area contributed by atoms with Crippen LogP contribution in [-0.4, -0.2) is 31.2 Å². The molecule has 6 heteroatoms. The van der Waals surface area contributed by atoms with Gasteiger partial charge in [-0.1, -0.05) is 0 Å². The molecule has 2 atom stereocenters. The van der Waals surface area contributed by atoms with Crippen molar-refractivity contribution in [3.05, 3.63) is 18.2 Å². The highest BCUT2D eigenvalue weighted by Crippen LogP contribution is 2.39. The number of hydrogen-bond donors (Lipinski definition) is 2. The van der Waals surface area contributed by atoms with Crippen molar-refractivity contribution < 1.29 is 24.2 Å². The normalized spacial score (nSPS) is 20.5. The Labute approximate surface area is 110 Å². The van der Waals surface area contributed by atoms with Gasteiger partial charge in [0.15, 0.2) is 11.5 Å². The highest BCUT2D eigenvalue weighted by Gasteiger charge is 2.48. The minimum atomic E-state index is -0.924. The van der Waals surface area contributed by atoms with Crippen LogP contribution in [0.3, 0.4) is 0 Å². The monoisotopic (exact) mass is 265 g/mol. The van der Waals surface area contributed by atoms with Crippen LogP contribution in [-0.2, 0) is 9.59 Å². The number of carbonyl (C=O) groups is 2. The third kappa shape index (κ3) is 2.78. The second-order valence-electron chi connectivity index (χ2n) is 4.35. The minimum absolute atomic E-state index is 0.278. The van der Waals surface area contributed by atoms with E-state index in [0.29, 0.717) is 23.6 Å². The van der Waals surface area contributed by atoms with E-state index in [1.54, 1.807) is 18.2 Å². The lowest BCUT2D eigenvalue weighted by molar-refractivity contribution is -0.139. The Kier molecular flexibility index (Phi) is 3.59. The Morgan fingerprint density at radius 1 is 1.21 bits per heavy atom. The number of ether oxygens (including phenoxy) is 2. The van der Waals surface area contributed by atoms with Gasteiger partial charge in [-0.15, -0.1) is 0 Å². The fourth-order valence-electron chi connectivity index (χ4n) is 1.91. The largest absolute Gasteiger partial charge is 0.493 e. The van der Waals surface area contributed by atoms with Crippen LogP contribution in [0.5, 0.6) is 11.5 Å². The molecule has 1 aromatic carbocycles. The summed E-state index contributed by atoms with van der Waals surface area (Å²) in [6, 6.07) is 4.99. The van der Waals surface area contributed by atoms with Crippen molar-refractivity contribution in [2.75, 3.05) is 19.5 Å². The van der Waals surface area contributed by atoms with Gasteiger partial charge in [0, 0.05) is 11.8 Å². The maximum absolute atomic E-state index is 11.8. The van der Waals surface area contributed by atoms with Gasteiger partial charge in [-0.3, -0.25) is 9.59 Å². The zero-order valence-corrected chi connectivity index (χ0v) is 10.7. The average molecular weight is 265 g/mol. The zero-order valence-electron chi connectivity index (χ0n) is 10.7. The van der Waals surface area contributed by atoms with Gasteiger partial charge >= 0.3 is 5.97 Å². The molecular formula is C13H15NO5. The van der Waals surface area contributed by atoms with E-state index >= 15 is 0 Å². The number of hydrogen-bond acceptors (Lipinski definition) is 4. The van der Waals surface area contributed by atoms with Crippen molar-refractivity contribution in [1.82, 2.24) is 0 Å². The van der Waals surface area contributed by atoms with E-state index in [2.05, 4.69) is 5.32 Å². The van der Waals surface area contributed by atoms with Crippen molar-refractivity contribution in [3.63, 3.8) is 0 Å². The van der Waals surface area contributed by atoms with E-state index in [9.17, 15) is 9.59 Å². The lowest BCUT2D eigenvalue weighted by Crippen LogP contribution is -2.16. The Morgan fingerprint density at radius 3 is 2.42 bits per heavy atom. The molecule has 1 saturated carbocycles. The average Bonchev–Trinajstić information content (AvgIpc) is 3.19. The molecule has 19 heavy (non-hydrogen) atoms. The Balaban J connectivity index is 2.04. The molecule has 1 amide bonds. The number of methoxy groups -OCH3 is 2. The minimum Gasteiger partial charge on any atom is -0.493 e. The molecule has 0 heterocycles. The smallest absolute Gasteiger partial charge is 0.307 e. The summed E-state index contributed by atoms with van der Waals surface area (Å²) in [4.78, 5) is 22.5. The van der Waals surface area contributed by atoms with Crippen LogP contribution in [0.15, 0.2) is 18.2 Å². The van der Waals surface area contributed by atoms with Crippen molar-refractivity contribution in [2.45, 2.75) is 6.42 Å². The highest BCUT2D eigenvalue weighted by atomic mass is 16.5. The molecule has 102 valence electrons. The van der Waals surface area contributed by atoms with Gasteiger partial charge in [0.05, 0.1) is 26.1 Å². The summed E-state index contributed by atoms with van der Waals surface area (Å²) in [6.45, 7) is 0. The van der Waals surface area contributed by atoms with Crippen LogP contribution in [0.1, 0.15) is 6.42 Å². The number of aliphatic carboxylic acids is 1. The first-order chi connectivity index (χ1) is 9.06. The molecule has 2 unspecified atom stereocenters. The molecule has 0 bridgehead atoms. The van der Waals surface area contributed by atoms with Crippen LogP contribution >= 0.6 is 0 Å². The maximum Gasteiger partial charge on any atom is 0.307 e. The molecule has 0 aliphatic heterocycles. The molecule has 1 aromatic rings. The van der Waals surface area contributed by atoms with Gasteiger partial charge in [-0.05, 0) is 18.6 Å². The third-order valence-electron chi connectivity index (χ3n) is 3.10. The molecule has 2 N–H and O–H groups in total. The predicted molar refractivity (Wildman–Crippen MR) is 67.4 cm³/mol. The van der Waals surface area contributed by atoms with Crippen LogP contribution in [0, 0.1) is 11.8 Å². The second-order valence-corrected chi connectivity index (χ2v) is 4.35. The number of nitrogens with one attached hydrogen (secondary N) is 1. The Hall–Kier alpha value is -2.24. The fraction of sp³-hybridized carbons (Fsp3) is 0.385. The summed E-state index contributed by atoms with van der Waals surface area (Å²) in [7, 11) is 3.03. The van der Waals surface area contributed by atoms with Gasteiger partial charge in [-0.2, -0.15) is 0 Å². The summed E-state index contributed by atoms with van der Waals surface area (Å²) >= 11 is 0. The van der Waals surface area contributed by atoms with E-state index in [1.165, 1.54) is 14.2 Å². The molecule has 2 rings (SSSR count). The molecule has 0 spiro atoms. The SMILES string of the molecule is COc1ccc(NC(=O)C2CC2C(=O)O)cc1OC. The van der Waals surface area contributed by atoms with Crippen molar-refractivity contribution in [3.8, 4) is 11.5 Å². The molecule has 1 fully saturated rings. The summed E-state index contributed by atoms with van der Waals surface area (Å²) in [5.74, 6) is -1.13.